The van der Waals surface area contributed by atoms with Crippen molar-refractivity contribution in [1.82, 2.24) is 0 Å². The average molecular weight is 288 g/mol. The third-order valence-electron chi connectivity index (χ3n) is 8.35. The van der Waals surface area contributed by atoms with Crippen LogP contribution in [0.1, 0.15) is 77.6 Å². The van der Waals surface area contributed by atoms with Gasteiger partial charge in [-0.05, 0) is 106 Å². The summed E-state index contributed by atoms with van der Waals surface area (Å²) in [6.45, 7) is 3.51. The van der Waals surface area contributed by atoms with Gasteiger partial charge in [0.15, 0.2) is 0 Å². The molecule has 0 aromatic rings. The molecule has 0 spiro atoms. The second-order valence-corrected chi connectivity index (χ2v) is 9.70. The van der Waals surface area contributed by atoms with Crippen LogP contribution in [0, 0.1) is 35.0 Å². The zero-order chi connectivity index (χ0) is 14.1. The maximum Gasteiger partial charge on any atom is 0.0711 e. The first kappa shape index (κ1) is 13.4. The highest BCUT2D eigenvalue weighted by atomic mass is 16.5. The van der Waals surface area contributed by atoms with Crippen molar-refractivity contribution >= 4 is 0 Å². The van der Waals surface area contributed by atoms with Crippen LogP contribution in [-0.2, 0) is 4.74 Å². The molecule has 1 heteroatoms. The highest BCUT2D eigenvalue weighted by molar-refractivity contribution is 5.05. The number of rotatable bonds is 4. The molecule has 0 radical (unpaired) electrons. The van der Waals surface area contributed by atoms with E-state index in [1.807, 2.05) is 0 Å². The molecule has 3 atom stereocenters. The Hall–Kier alpha value is -0.0400. The summed E-state index contributed by atoms with van der Waals surface area (Å²) in [4.78, 5) is 0. The summed E-state index contributed by atoms with van der Waals surface area (Å²) in [5.41, 5.74) is 0.908. The van der Waals surface area contributed by atoms with Gasteiger partial charge in [-0.1, -0.05) is 6.92 Å². The summed E-state index contributed by atoms with van der Waals surface area (Å²) < 4.78 is 6.86. The molecule has 6 aliphatic carbocycles. The summed E-state index contributed by atoms with van der Waals surface area (Å²) in [6.07, 6.45) is 16.3. The summed E-state index contributed by atoms with van der Waals surface area (Å²) in [5.74, 6) is 5.11. The Bertz CT molecular complexity index is 392. The molecule has 0 aliphatic heterocycles. The van der Waals surface area contributed by atoms with Crippen molar-refractivity contribution in [3.63, 3.8) is 0 Å². The van der Waals surface area contributed by atoms with Crippen LogP contribution in [-0.4, -0.2) is 12.2 Å². The zero-order valence-corrected chi connectivity index (χ0v) is 13.8. The Morgan fingerprint density at radius 2 is 1.48 bits per heavy atom. The molecule has 6 bridgehead atoms. The van der Waals surface area contributed by atoms with Gasteiger partial charge in [-0.2, -0.15) is 0 Å². The molecule has 1 nitrogen and oxygen atoms in total. The largest absolute Gasteiger partial charge is 0.374 e. The monoisotopic (exact) mass is 288 g/mol. The Kier molecular flexibility index (Phi) is 2.87. The van der Waals surface area contributed by atoms with Crippen molar-refractivity contribution in [2.24, 2.45) is 35.0 Å². The van der Waals surface area contributed by atoms with Gasteiger partial charge in [0, 0.05) is 0 Å². The first-order valence-corrected chi connectivity index (χ1v) is 9.83. The van der Waals surface area contributed by atoms with Crippen molar-refractivity contribution in [3.05, 3.63) is 0 Å². The van der Waals surface area contributed by atoms with Crippen molar-refractivity contribution < 1.29 is 4.74 Å². The van der Waals surface area contributed by atoms with Crippen molar-refractivity contribution in [2.75, 3.05) is 6.61 Å². The first-order chi connectivity index (χ1) is 10.2. The van der Waals surface area contributed by atoms with Crippen LogP contribution in [0.5, 0.6) is 0 Å². The van der Waals surface area contributed by atoms with Gasteiger partial charge < -0.3 is 4.74 Å². The smallest absolute Gasteiger partial charge is 0.0711 e. The van der Waals surface area contributed by atoms with Crippen LogP contribution in [0.2, 0.25) is 0 Å². The molecule has 0 amide bonds. The van der Waals surface area contributed by atoms with E-state index in [-0.39, 0.29) is 0 Å². The lowest BCUT2D eigenvalue weighted by molar-refractivity contribution is -0.159. The number of fused-ring (bicyclic) bond motifs is 2. The molecule has 6 rings (SSSR count). The molecule has 0 saturated heterocycles. The fraction of sp³-hybridized carbons (Fsp3) is 1.00. The second kappa shape index (κ2) is 4.49. The SMILES string of the molecule is CC[C@@]1(OCC23CC4CC(CC(C4)C2)C3)C[C@@H]2CC[C@H]1C2. The molecular weight excluding hydrogens is 256 g/mol. The Labute approximate surface area is 130 Å². The van der Waals surface area contributed by atoms with E-state index >= 15 is 0 Å². The molecular formula is C20H32O. The van der Waals surface area contributed by atoms with Crippen molar-refractivity contribution in [1.29, 1.82) is 0 Å². The molecule has 0 aromatic carbocycles. The lowest BCUT2D eigenvalue weighted by Gasteiger charge is -2.57. The lowest BCUT2D eigenvalue weighted by Crippen LogP contribution is -2.50. The third kappa shape index (κ3) is 1.98. The van der Waals surface area contributed by atoms with E-state index in [2.05, 4.69) is 6.92 Å². The van der Waals surface area contributed by atoms with E-state index < -0.39 is 0 Å². The number of ether oxygens (including phenoxy) is 1. The quantitative estimate of drug-likeness (QED) is 0.692. The van der Waals surface area contributed by atoms with Gasteiger partial charge in [0.25, 0.3) is 0 Å². The minimum Gasteiger partial charge on any atom is -0.374 e. The standard InChI is InChI=1S/C20H32O/c1-2-20(12-14-3-4-18(20)8-14)21-13-19-9-15-5-16(10-19)7-17(6-15)11-19/h14-18H,2-13H2,1H3/t14-,15?,16?,17?,18+,19?,20-/m1/s1. The minimum absolute atomic E-state index is 0.298. The van der Waals surface area contributed by atoms with Crippen LogP contribution in [0.4, 0.5) is 0 Å². The van der Waals surface area contributed by atoms with Gasteiger partial charge in [0.1, 0.15) is 0 Å². The minimum atomic E-state index is 0.298. The first-order valence-electron chi connectivity index (χ1n) is 9.83. The normalized spacial score (nSPS) is 57.3. The maximum absolute atomic E-state index is 6.86. The Morgan fingerprint density at radius 3 is 1.95 bits per heavy atom. The average Bonchev–Trinajstić information content (AvgIpc) is 3.05. The van der Waals surface area contributed by atoms with E-state index in [0.29, 0.717) is 11.0 Å². The van der Waals surface area contributed by atoms with Gasteiger partial charge in [0.05, 0.1) is 12.2 Å². The van der Waals surface area contributed by atoms with Gasteiger partial charge in [0.2, 0.25) is 0 Å². The van der Waals surface area contributed by atoms with E-state index in [0.717, 1.165) is 36.2 Å². The van der Waals surface area contributed by atoms with E-state index in [9.17, 15) is 0 Å². The summed E-state index contributed by atoms with van der Waals surface area (Å²) in [5, 5.41) is 0. The van der Waals surface area contributed by atoms with E-state index in [1.54, 1.807) is 19.3 Å². The number of hydrogen-bond donors (Lipinski definition) is 0. The maximum atomic E-state index is 6.86. The second-order valence-electron chi connectivity index (χ2n) is 9.70. The number of hydrogen-bond acceptors (Lipinski definition) is 1. The highest BCUT2D eigenvalue weighted by Crippen LogP contribution is 2.61. The Morgan fingerprint density at radius 1 is 0.810 bits per heavy atom. The molecule has 118 valence electrons. The van der Waals surface area contributed by atoms with Crippen LogP contribution in [0.25, 0.3) is 0 Å². The molecule has 0 aromatic heterocycles. The molecule has 21 heavy (non-hydrogen) atoms. The van der Waals surface area contributed by atoms with Gasteiger partial charge in [-0.25, -0.2) is 0 Å². The highest BCUT2D eigenvalue weighted by Gasteiger charge is 2.54. The fourth-order valence-corrected chi connectivity index (χ4v) is 7.87. The predicted octanol–water partition coefficient (Wildman–Crippen LogP) is 5.19. The molecule has 6 aliphatic rings. The molecule has 0 unspecified atom stereocenters. The summed E-state index contributed by atoms with van der Waals surface area (Å²) in [6, 6.07) is 0. The summed E-state index contributed by atoms with van der Waals surface area (Å²) in [7, 11) is 0. The topological polar surface area (TPSA) is 9.23 Å². The van der Waals surface area contributed by atoms with Crippen LogP contribution in [0.3, 0.4) is 0 Å². The zero-order valence-electron chi connectivity index (χ0n) is 13.8. The van der Waals surface area contributed by atoms with Gasteiger partial charge in [-0.15, -0.1) is 0 Å². The molecule has 6 fully saturated rings. The van der Waals surface area contributed by atoms with Crippen LogP contribution < -0.4 is 0 Å². The Balaban J connectivity index is 1.32. The third-order valence-corrected chi connectivity index (χ3v) is 8.35. The van der Waals surface area contributed by atoms with Gasteiger partial charge >= 0.3 is 0 Å². The van der Waals surface area contributed by atoms with Crippen molar-refractivity contribution in [2.45, 2.75) is 83.2 Å². The van der Waals surface area contributed by atoms with E-state index in [4.69, 9.17) is 4.74 Å². The van der Waals surface area contributed by atoms with Gasteiger partial charge in [-0.3, -0.25) is 0 Å². The molecule has 0 N–H and O–H groups in total. The molecule has 0 heterocycles. The summed E-state index contributed by atoms with van der Waals surface area (Å²) >= 11 is 0. The van der Waals surface area contributed by atoms with Crippen LogP contribution in [0.15, 0.2) is 0 Å². The van der Waals surface area contributed by atoms with Crippen molar-refractivity contribution in [3.8, 4) is 0 Å². The fourth-order valence-electron chi connectivity index (χ4n) is 7.87. The van der Waals surface area contributed by atoms with Crippen LogP contribution >= 0.6 is 0 Å². The van der Waals surface area contributed by atoms with E-state index in [1.165, 1.54) is 51.4 Å². The lowest BCUT2D eigenvalue weighted by atomic mass is 9.50. The molecule has 6 saturated carbocycles. The predicted molar refractivity (Wildman–Crippen MR) is 85.0 cm³/mol.